The molecule has 1 saturated heterocycles. The smallest absolute Gasteiger partial charge is 0.0717 e. The van der Waals surface area contributed by atoms with Gasteiger partial charge in [0.1, 0.15) is 0 Å². The summed E-state index contributed by atoms with van der Waals surface area (Å²) in [5.74, 6) is 0.0636. The SMILES string of the molecule is CC12C[C@]34C[C@H]1C(C[C@H]3[C@]1(C)CCC[C@@](C)(C(=O)[O-])[C@H]1C[C@H]4O)O2. The van der Waals surface area contributed by atoms with E-state index in [4.69, 9.17) is 4.74 Å². The number of carbonyl (C=O) groups excluding carboxylic acids is 1. The van der Waals surface area contributed by atoms with Crippen LogP contribution in [0.1, 0.15) is 65.7 Å². The van der Waals surface area contributed by atoms with Gasteiger partial charge in [-0.25, -0.2) is 0 Å². The molecule has 134 valence electrons. The molecule has 5 aliphatic rings. The van der Waals surface area contributed by atoms with Crippen molar-refractivity contribution in [3.05, 3.63) is 0 Å². The molecule has 5 fully saturated rings. The number of carboxylic acids is 1. The van der Waals surface area contributed by atoms with Gasteiger partial charge in [0.2, 0.25) is 0 Å². The molecule has 4 heteroatoms. The second-order valence-corrected chi connectivity index (χ2v) is 10.3. The zero-order valence-electron chi connectivity index (χ0n) is 15.0. The Labute approximate surface area is 144 Å². The molecule has 0 radical (unpaired) electrons. The summed E-state index contributed by atoms with van der Waals surface area (Å²) in [7, 11) is 0. The minimum atomic E-state index is -0.922. The average molecular weight is 333 g/mol. The van der Waals surface area contributed by atoms with Crippen LogP contribution in [-0.4, -0.2) is 28.9 Å². The van der Waals surface area contributed by atoms with Gasteiger partial charge >= 0.3 is 0 Å². The molecule has 1 N–H and O–H groups in total. The zero-order valence-corrected chi connectivity index (χ0v) is 15.0. The summed E-state index contributed by atoms with van der Waals surface area (Å²) in [5.41, 5.74) is -0.926. The number of hydrogen-bond donors (Lipinski definition) is 1. The van der Waals surface area contributed by atoms with E-state index in [9.17, 15) is 15.0 Å². The highest BCUT2D eigenvalue weighted by atomic mass is 16.5. The molecule has 5 rings (SSSR count). The normalized spacial score (nSPS) is 63.9. The molecule has 1 aliphatic heterocycles. The average Bonchev–Trinajstić information content (AvgIpc) is 2.61. The number of ether oxygens (including phenoxy) is 1. The van der Waals surface area contributed by atoms with Crippen LogP contribution in [0.2, 0.25) is 0 Å². The first-order chi connectivity index (χ1) is 11.2. The summed E-state index contributed by atoms with van der Waals surface area (Å²) in [4.78, 5) is 12.0. The third kappa shape index (κ3) is 1.48. The molecule has 1 heterocycles. The molecule has 1 spiro atoms. The molecule has 9 atom stereocenters. The maximum absolute atomic E-state index is 12.0. The van der Waals surface area contributed by atoms with E-state index in [0.29, 0.717) is 30.8 Å². The van der Waals surface area contributed by atoms with E-state index in [1.807, 2.05) is 6.92 Å². The van der Waals surface area contributed by atoms with Crippen molar-refractivity contribution < 1.29 is 19.7 Å². The van der Waals surface area contributed by atoms with Crippen molar-refractivity contribution in [1.82, 2.24) is 0 Å². The van der Waals surface area contributed by atoms with E-state index in [2.05, 4.69) is 13.8 Å². The Morgan fingerprint density at radius 2 is 1.92 bits per heavy atom. The highest BCUT2D eigenvalue weighted by Gasteiger charge is 2.75. The van der Waals surface area contributed by atoms with Gasteiger partial charge in [0, 0.05) is 22.7 Å². The first-order valence-electron chi connectivity index (χ1n) is 9.73. The maximum Gasteiger partial charge on any atom is 0.0717 e. The van der Waals surface area contributed by atoms with Crippen LogP contribution in [0, 0.1) is 34.0 Å². The van der Waals surface area contributed by atoms with Crippen molar-refractivity contribution in [1.29, 1.82) is 0 Å². The lowest BCUT2D eigenvalue weighted by Gasteiger charge is -2.66. The van der Waals surface area contributed by atoms with Gasteiger partial charge in [0.05, 0.1) is 17.8 Å². The van der Waals surface area contributed by atoms with Crippen molar-refractivity contribution in [3.63, 3.8) is 0 Å². The van der Waals surface area contributed by atoms with Crippen LogP contribution in [0.4, 0.5) is 0 Å². The first-order valence-corrected chi connectivity index (χ1v) is 9.73. The largest absolute Gasteiger partial charge is 0.550 e. The number of rotatable bonds is 1. The number of aliphatic carboxylic acids is 1. The monoisotopic (exact) mass is 333 g/mol. The fraction of sp³-hybridized carbons (Fsp3) is 0.950. The van der Waals surface area contributed by atoms with Crippen LogP contribution in [0.15, 0.2) is 0 Å². The maximum atomic E-state index is 12.0. The first kappa shape index (κ1) is 15.6. The van der Waals surface area contributed by atoms with Crippen LogP contribution in [0.5, 0.6) is 0 Å². The van der Waals surface area contributed by atoms with Gasteiger partial charge < -0.3 is 19.7 Å². The number of fused-ring (bicyclic) bond motifs is 2. The quantitative estimate of drug-likeness (QED) is 0.795. The molecule has 0 aromatic rings. The van der Waals surface area contributed by atoms with Gasteiger partial charge in [-0.2, -0.15) is 0 Å². The second-order valence-electron chi connectivity index (χ2n) is 10.3. The predicted molar refractivity (Wildman–Crippen MR) is 85.7 cm³/mol. The summed E-state index contributed by atoms with van der Waals surface area (Å²) < 4.78 is 6.26. The molecular weight excluding hydrogens is 304 g/mol. The van der Waals surface area contributed by atoms with Crippen molar-refractivity contribution in [3.8, 4) is 0 Å². The third-order valence-electron chi connectivity index (χ3n) is 9.46. The minimum Gasteiger partial charge on any atom is -0.550 e. The number of carboxylic acid groups (broad SMARTS) is 1. The number of carbonyl (C=O) groups is 1. The van der Waals surface area contributed by atoms with E-state index < -0.39 is 17.5 Å². The standard InChI is InChI=1S/C20H30O4/c1-17-5-4-6-18(2,16(22)23)13(17)8-15(21)20-9-11-12(7-14(17)20)24-19(11,3)10-20/h11-15,21H,4-10H2,1-3H3,(H,22,23)/p-1/t11-,12?,13-,14-,15+,17+,18+,19?,20+/m0/s1. The van der Waals surface area contributed by atoms with Crippen LogP contribution < -0.4 is 5.11 Å². The lowest BCUT2D eigenvalue weighted by molar-refractivity contribution is -0.330. The summed E-state index contributed by atoms with van der Waals surface area (Å²) >= 11 is 0. The summed E-state index contributed by atoms with van der Waals surface area (Å²) in [6.45, 7) is 6.40. The molecule has 4 aliphatic carbocycles. The lowest BCUT2D eigenvalue weighted by atomic mass is 9.40. The number of hydrogen-bond acceptors (Lipinski definition) is 4. The Morgan fingerprint density at radius 3 is 2.62 bits per heavy atom. The molecule has 4 nitrogen and oxygen atoms in total. The zero-order chi connectivity index (χ0) is 17.1. The van der Waals surface area contributed by atoms with Gasteiger partial charge in [-0.3, -0.25) is 0 Å². The molecular formula is C20H29O4-. The molecule has 0 amide bonds. The predicted octanol–water partition coefficient (Wildman–Crippen LogP) is 1.89. The molecule has 2 bridgehead atoms. The van der Waals surface area contributed by atoms with Crippen LogP contribution >= 0.6 is 0 Å². The van der Waals surface area contributed by atoms with E-state index in [-0.39, 0.29) is 22.3 Å². The van der Waals surface area contributed by atoms with E-state index in [0.717, 1.165) is 32.1 Å². The number of aliphatic hydroxyl groups is 1. The summed E-state index contributed by atoms with van der Waals surface area (Å²) in [6.07, 6.45) is 6.29. The van der Waals surface area contributed by atoms with Gasteiger partial charge in [-0.05, 0) is 62.7 Å². The molecule has 0 aromatic heterocycles. The van der Waals surface area contributed by atoms with E-state index in [1.165, 1.54) is 0 Å². The van der Waals surface area contributed by atoms with Gasteiger partial charge in [0.15, 0.2) is 0 Å². The van der Waals surface area contributed by atoms with Gasteiger partial charge in [-0.1, -0.05) is 20.3 Å². The topological polar surface area (TPSA) is 69.6 Å². The van der Waals surface area contributed by atoms with Crippen molar-refractivity contribution in [2.45, 2.75) is 83.5 Å². The van der Waals surface area contributed by atoms with Gasteiger partial charge in [0.25, 0.3) is 0 Å². The van der Waals surface area contributed by atoms with Crippen molar-refractivity contribution >= 4 is 5.97 Å². The Morgan fingerprint density at radius 1 is 1.17 bits per heavy atom. The van der Waals surface area contributed by atoms with E-state index >= 15 is 0 Å². The lowest BCUT2D eigenvalue weighted by Crippen LogP contribution is -2.65. The van der Waals surface area contributed by atoms with Crippen LogP contribution in [-0.2, 0) is 9.53 Å². The van der Waals surface area contributed by atoms with Crippen molar-refractivity contribution in [2.24, 2.45) is 34.0 Å². The fourth-order valence-corrected chi connectivity index (χ4v) is 8.41. The van der Waals surface area contributed by atoms with Crippen LogP contribution in [0.25, 0.3) is 0 Å². The highest BCUT2D eigenvalue weighted by molar-refractivity contribution is 5.73. The Balaban J connectivity index is 1.61. The van der Waals surface area contributed by atoms with Crippen molar-refractivity contribution in [2.75, 3.05) is 0 Å². The third-order valence-corrected chi connectivity index (χ3v) is 9.46. The number of aliphatic hydroxyl groups excluding tert-OH is 1. The molecule has 2 unspecified atom stereocenters. The highest BCUT2D eigenvalue weighted by Crippen LogP contribution is 2.76. The summed E-state index contributed by atoms with van der Waals surface area (Å²) in [5, 5.41) is 23.2. The Kier molecular flexibility index (Phi) is 2.73. The minimum absolute atomic E-state index is 0.0107. The molecule has 24 heavy (non-hydrogen) atoms. The Bertz CT molecular complexity index is 619. The van der Waals surface area contributed by atoms with Crippen LogP contribution in [0.3, 0.4) is 0 Å². The molecule has 0 aromatic carbocycles. The van der Waals surface area contributed by atoms with Gasteiger partial charge in [-0.15, -0.1) is 0 Å². The molecule has 4 saturated carbocycles. The Hall–Kier alpha value is -0.610. The summed E-state index contributed by atoms with van der Waals surface area (Å²) in [6, 6.07) is 0. The van der Waals surface area contributed by atoms with E-state index in [1.54, 1.807) is 0 Å². The second kappa shape index (κ2) is 4.20. The fourth-order valence-electron chi connectivity index (χ4n) is 8.41.